The van der Waals surface area contributed by atoms with Crippen LogP contribution in [0.3, 0.4) is 0 Å². The van der Waals surface area contributed by atoms with Gasteiger partial charge in [0.2, 0.25) is 19.9 Å². The van der Waals surface area contributed by atoms with Crippen LogP contribution in [0.5, 0.6) is 0 Å². The van der Waals surface area contributed by atoms with Gasteiger partial charge in [-0.3, -0.25) is 4.98 Å². The van der Waals surface area contributed by atoms with E-state index in [9.17, 15) is 21.2 Å². The Labute approximate surface area is 193 Å². The molecule has 0 bridgehead atoms. The van der Waals surface area contributed by atoms with Crippen LogP contribution in [-0.4, -0.2) is 28.4 Å². The van der Waals surface area contributed by atoms with Crippen LogP contribution in [0.25, 0.3) is 0 Å². The minimum absolute atomic E-state index is 0.0688. The van der Waals surface area contributed by atoms with Gasteiger partial charge in [0.05, 0.1) is 14.7 Å². The molecule has 6 nitrogen and oxygen atoms in total. The maximum Gasteiger partial charge on any atom is 0.240 e. The Hall–Kier alpha value is -2.62. The van der Waals surface area contributed by atoms with E-state index in [-0.39, 0.29) is 27.1 Å². The van der Waals surface area contributed by atoms with Crippen molar-refractivity contribution in [3.8, 4) is 0 Å². The molecule has 0 fully saturated rings. The normalized spacial score (nSPS) is 15.0. The lowest BCUT2D eigenvalue weighted by Gasteiger charge is -2.18. The highest BCUT2D eigenvalue weighted by Gasteiger charge is 2.32. The highest BCUT2D eigenvalue weighted by Crippen LogP contribution is 2.37. The van der Waals surface area contributed by atoms with E-state index in [2.05, 4.69) is 9.71 Å². The fraction of sp³-hybridized carbons (Fsp3) is 0.292. The van der Waals surface area contributed by atoms with Gasteiger partial charge in [-0.1, -0.05) is 32.0 Å². The van der Waals surface area contributed by atoms with E-state index in [0.717, 1.165) is 11.8 Å². The summed E-state index contributed by atoms with van der Waals surface area (Å²) in [5.74, 6) is -0.799. The first-order chi connectivity index (χ1) is 15.6. The van der Waals surface area contributed by atoms with Crippen LogP contribution in [0, 0.1) is 5.82 Å². The van der Waals surface area contributed by atoms with Crippen molar-refractivity contribution >= 4 is 19.9 Å². The molecule has 0 radical (unpaired) electrons. The minimum atomic E-state index is -4.09. The number of sulfonamides is 1. The van der Waals surface area contributed by atoms with Gasteiger partial charge in [0.25, 0.3) is 0 Å². The van der Waals surface area contributed by atoms with Gasteiger partial charge < -0.3 is 0 Å². The van der Waals surface area contributed by atoms with Crippen molar-refractivity contribution in [3.05, 3.63) is 82.9 Å². The van der Waals surface area contributed by atoms with Crippen LogP contribution in [0.2, 0.25) is 0 Å². The zero-order valence-electron chi connectivity index (χ0n) is 18.4. The topological polar surface area (TPSA) is 93.2 Å². The predicted molar refractivity (Wildman–Crippen MR) is 123 cm³/mol. The first-order valence-corrected chi connectivity index (χ1v) is 13.7. The molecule has 0 unspecified atom stereocenters. The smallest absolute Gasteiger partial charge is 0.240 e. The van der Waals surface area contributed by atoms with E-state index in [4.69, 9.17) is 0 Å². The monoisotopic (exact) mass is 488 g/mol. The summed E-state index contributed by atoms with van der Waals surface area (Å²) in [5.41, 5.74) is 2.36. The molecule has 2 heterocycles. The Morgan fingerprint density at radius 3 is 2.45 bits per heavy atom. The summed E-state index contributed by atoms with van der Waals surface area (Å²) in [5, 5.41) is 0. The van der Waals surface area contributed by atoms with E-state index in [1.54, 1.807) is 24.4 Å². The van der Waals surface area contributed by atoms with E-state index in [1.807, 2.05) is 19.9 Å². The number of nitrogens with zero attached hydrogens (tertiary/aromatic N) is 1. The number of fused-ring (bicyclic) bond motifs is 2. The van der Waals surface area contributed by atoms with Crippen LogP contribution < -0.4 is 4.72 Å². The second kappa shape index (κ2) is 8.96. The van der Waals surface area contributed by atoms with Gasteiger partial charge in [-0.2, -0.15) is 0 Å². The summed E-state index contributed by atoms with van der Waals surface area (Å²) in [7, 11) is -8.09. The van der Waals surface area contributed by atoms with Gasteiger partial charge in [-0.25, -0.2) is 25.9 Å². The number of rotatable bonds is 6. The lowest BCUT2D eigenvalue weighted by Crippen LogP contribution is -2.27. The number of pyridine rings is 1. The Morgan fingerprint density at radius 2 is 1.76 bits per heavy atom. The van der Waals surface area contributed by atoms with E-state index in [1.165, 1.54) is 18.2 Å². The van der Waals surface area contributed by atoms with Crippen molar-refractivity contribution in [2.24, 2.45) is 0 Å². The fourth-order valence-electron chi connectivity index (χ4n) is 4.06. The molecule has 1 aliphatic rings. The van der Waals surface area contributed by atoms with Gasteiger partial charge in [-0.05, 0) is 65.8 Å². The molecule has 1 aliphatic heterocycles. The Kier molecular flexibility index (Phi) is 6.39. The average molecular weight is 489 g/mol. The van der Waals surface area contributed by atoms with Crippen LogP contribution in [0.4, 0.5) is 4.39 Å². The lowest BCUT2D eigenvalue weighted by molar-refractivity contribution is 0.578. The highest BCUT2D eigenvalue weighted by molar-refractivity contribution is 7.92. The SMILES string of the molecule is CC(C)c1cc2c(cc1S(=O)(=O)NCCc1ccccn1)S(=O)(=O)c1cc(F)ccc1CC2. The van der Waals surface area contributed by atoms with E-state index in [0.29, 0.717) is 36.0 Å². The maximum absolute atomic E-state index is 13.9. The molecule has 33 heavy (non-hydrogen) atoms. The number of sulfone groups is 1. The fourth-order valence-corrected chi connectivity index (χ4v) is 7.34. The van der Waals surface area contributed by atoms with Crippen LogP contribution >= 0.6 is 0 Å². The molecular formula is C24H25FN2O4S2. The molecule has 0 spiro atoms. The zero-order chi connectivity index (χ0) is 23.8. The van der Waals surface area contributed by atoms with Gasteiger partial charge in [0.1, 0.15) is 5.82 Å². The number of benzene rings is 2. The van der Waals surface area contributed by atoms with Crippen molar-refractivity contribution in [1.29, 1.82) is 0 Å². The Morgan fingerprint density at radius 1 is 1.03 bits per heavy atom. The van der Waals surface area contributed by atoms with Crippen molar-refractivity contribution < 1.29 is 21.2 Å². The number of halogens is 1. The largest absolute Gasteiger partial charge is 0.261 e. The lowest BCUT2D eigenvalue weighted by atomic mass is 9.97. The summed E-state index contributed by atoms with van der Waals surface area (Å²) in [4.78, 5) is 3.93. The molecule has 3 aromatic rings. The Balaban J connectivity index is 1.77. The summed E-state index contributed by atoms with van der Waals surface area (Å²) < 4.78 is 69.8. The number of nitrogens with one attached hydrogen (secondary N) is 1. The van der Waals surface area contributed by atoms with Gasteiger partial charge in [-0.15, -0.1) is 0 Å². The van der Waals surface area contributed by atoms with E-state index >= 15 is 0 Å². The van der Waals surface area contributed by atoms with Gasteiger partial charge >= 0.3 is 0 Å². The van der Waals surface area contributed by atoms with Gasteiger partial charge in [0, 0.05) is 24.9 Å². The second-order valence-electron chi connectivity index (χ2n) is 8.38. The number of aryl methyl sites for hydroxylation is 2. The molecule has 174 valence electrons. The molecule has 0 atom stereocenters. The summed E-state index contributed by atoms with van der Waals surface area (Å²) in [6.07, 6.45) is 2.87. The standard InChI is InChI=1S/C24H25FN2O4S2/c1-16(2)21-13-18-7-6-17-8-9-19(25)14-22(17)32(28,29)23(18)15-24(21)33(30,31)27-12-10-20-5-3-4-11-26-20/h3-5,8-9,11,13-16,27H,6-7,10,12H2,1-2H3. The number of hydrogen-bond acceptors (Lipinski definition) is 5. The summed E-state index contributed by atoms with van der Waals surface area (Å²) in [6.45, 7) is 3.85. The average Bonchev–Trinajstić information content (AvgIpc) is 2.87. The molecule has 0 aliphatic carbocycles. The highest BCUT2D eigenvalue weighted by atomic mass is 32.2. The van der Waals surface area contributed by atoms with Crippen molar-refractivity contribution in [2.45, 2.75) is 53.7 Å². The van der Waals surface area contributed by atoms with Crippen LogP contribution in [0.1, 0.15) is 42.1 Å². The molecule has 2 aromatic carbocycles. The molecule has 0 saturated carbocycles. The number of hydrogen-bond donors (Lipinski definition) is 1. The second-order valence-corrected chi connectivity index (χ2v) is 12.0. The first-order valence-electron chi connectivity index (χ1n) is 10.7. The third-order valence-electron chi connectivity index (χ3n) is 5.78. The summed E-state index contributed by atoms with van der Waals surface area (Å²) in [6, 6.07) is 12.1. The maximum atomic E-state index is 13.9. The van der Waals surface area contributed by atoms with E-state index < -0.39 is 25.7 Å². The first kappa shape index (κ1) is 23.5. The summed E-state index contributed by atoms with van der Waals surface area (Å²) >= 11 is 0. The van der Waals surface area contributed by atoms with Crippen molar-refractivity contribution in [3.63, 3.8) is 0 Å². The minimum Gasteiger partial charge on any atom is -0.261 e. The van der Waals surface area contributed by atoms with Gasteiger partial charge in [0.15, 0.2) is 0 Å². The molecule has 1 aromatic heterocycles. The number of aromatic nitrogens is 1. The van der Waals surface area contributed by atoms with Crippen LogP contribution in [0.15, 0.2) is 69.4 Å². The molecule has 0 amide bonds. The van der Waals surface area contributed by atoms with Crippen molar-refractivity contribution in [2.75, 3.05) is 6.54 Å². The predicted octanol–water partition coefficient (Wildman–Crippen LogP) is 3.80. The molecule has 0 saturated heterocycles. The molecule has 4 rings (SSSR count). The quantitative estimate of drug-likeness (QED) is 0.570. The van der Waals surface area contributed by atoms with Crippen molar-refractivity contribution in [1.82, 2.24) is 9.71 Å². The molecule has 1 N–H and O–H groups in total. The third kappa shape index (κ3) is 4.71. The third-order valence-corrected chi connectivity index (χ3v) is 9.21. The zero-order valence-corrected chi connectivity index (χ0v) is 20.0. The molecular weight excluding hydrogens is 463 g/mol. The van der Waals surface area contributed by atoms with Crippen LogP contribution in [-0.2, 0) is 39.1 Å². The molecule has 9 heteroatoms. The Bertz CT molecular complexity index is 1400.